The third-order valence-electron chi connectivity index (χ3n) is 2.25. The summed E-state index contributed by atoms with van der Waals surface area (Å²) >= 11 is 6.04. The number of rotatable bonds is 3. The first-order valence-electron chi connectivity index (χ1n) is 5.11. The molecule has 20 heavy (non-hydrogen) atoms. The molecule has 0 bridgehead atoms. The van der Waals surface area contributed by atoms with E-state index in [9.17, 15) is 14.5 Å². The van der Waals surface area contributed by atoms with Gasteiger partial charge in [0.1, 0.15) is 5.82 Å². The number of ether oxygens (including phenoxy) is 1. The van der Waals surface area contributed by atoms with Crippen LogP contribution in [0.2, 0.25) is 0 Å². The van der Waals surface area contributed by atoms with Crippen molar-refractivity contribution in [2.45, 2.75) is 0 Å². The van der Waals surface area contributed by atoms with Gasteiger partial charge in [0.15, 0.2) is 0 Å². The van der Waals surface area contributed by atoms with E-state index in [-0.39, 0.29) is 21.8 Å². The van der Waals surface area contributed by atoms with Crippen molar-refractivity contribution in [1.82, 2.24) is 4.98 Å². The number of nitrogens with two attached hydrogens (primary N) is 1. The van der Waals surface area contributed by atoms with Crippen molar-refractivity contribution in [2.75, 3.05) is 5.73 Å². The molecule has 6 nitrogen and oxygen atoms in total. The monoisotopic (exact) mass is 405 g/mol. The van der Waals surface area contributed by atoms with E-state index in [0.717, 1.165) is 12.1 Å². The average molecular weight is 407 g/mol. The molecule has 1 aromatic heterocycles. The lowest BCUT2D eigenvalue weighted by atomic mass is 10.3. The lowest BCUT2D eigenvalue weighted by Gasteiger charge is -2.08. The molecule has 0 saturated heterocycles. The van der Waals surface area contributed by atoms with Crippen LogP contribution in [-0.2, 0) is 0 Å². The zero-order valence-electron chi connectivity index (χ0n) is 9.64. The van der Waals surface area contributed by atoms with Crippen molar-refractivity contribution in [3.05, 3.63) is 49.3 Å². The highest BCUT2D eigenvalue weighted by Crippen LogP contribution is 2.36. The maximum Gasteiger partial charge on any atom is 0.312 e. The van der Waals surface area contributed by atoms with Crippen LogP contribution in [0.5, 0.6) is 11.6 Å². The largest absolute Gasteiger partial charge is 0.430 e. The van der Waals surface area contributed by atoms with Gasteiger partial charge in [0, 0.05) is 22.8 Å². The molecule has 2 N–H and O–H groups in total. The van der Waals surface area contributed by atoms with E-state index in [0.29, 0.717) is 4.47 Å². The van der Waals surface area contributed by atoms with Gasteiger partial charge in [-0.3, -0.25) is 10.1 Å². The predicted octanol–water partition coefficient (Wildman–Crippen LogP) is 4.03. The molecule has 2 aromatic rings. The number of nitro benzene ring substituents is 1. The van der Waals surface area contributed by atoms with Crippen LogP contribution < -0.4 is 10.5 Å². The first kappa shape index (κ1) is 14.7. The van der Waals surface area contributed by atoms with Gasteiger partial charge in [-0.1, -0.05) is 0 Å². The molecule has 0 fully saturated rings. The highest BCUT2D eigenvalue weighted by atomic mass is 79.9. The Morgan fingerprint density at radius 2 is 2.05 bits per heavy atom. The Labute approximate surface area is 129 Å². The van der Waals surface area contributed by atoms with Crippen molar-refractivity contribution in [3.8, 4) is 11.6 Å². The summed E-state index contributed by atoms with van der Waals surface area (Å²) in [7, 11) is 0. The zero-order valence-corrected chi connectivity index (χ0v) is 12.8. The number of hydrogen-bond donors (Lipinski definition) is 1. The summed E-state index contributed by atoms with van der Waals surface area (Å²) in [5.41, 5.74) is 5.44. The Kier molecular flexibility index (Phi) is 4.19. The van der Waals surface area contributed by atoms with E-state index in [1.54, 1.807) is 0 Å². The van der Waals surface area contributed by atoms with Gasteiger partial charge < -0.3 is 10.5 Å². The fourth-order valence-electron chi connectivity index (χ4n) is 1.37. The molecule has 0 amide bonds. The van der Waals surface area contributed by atoms with Crippen molar-refractivity contribution in [1.29, 1.82) is 0 Å². The van der Waals surface area contributed by atoms with Gasteiger partial charge in [-0.05, 0) is 37.9 Å². The maximum atomic E-state index is 13.5. The van der Waals surface area contributed by atoms with E-state index in [1.807, 2.05) is 0 Å². The summed E-state index contributed by atoms with van der Waals surface area (Å²) in [5, 5.41) is 10.9. The van der Waals surface area contributed by atoms with Crippen LogP contribution in [0.25, 0.3) is 0 Å². The highest BCUT2D eigenvalue weighted by molar-refractivity contribution is 9.10. The molecular formula is C11H6Br2FN3O3. The standard InChI is InChI=1S/C11H6Br2FN3O3/c12-5-1-8(15)11(16-4-5)20-10-3-7(14)6(13)2-9(10)17(18)19/h1-4H,15H2. The summed E-state index contributed by atoms with van der Waals surface area (Å²) < 4.78 is 19.3. The molecule has 9 heteroatoms. The minimum absolute atomic E-state index is 0.0340. The molecule has 0 aliphatic carbocycles. The number of nitro groups is 1. The van der Waals surface area contributed by atoms with Crippen molar-refractivity contribution >= 4 is 43.2 Å². The van der Waals surface area contributed by atoms with Gasteiger partial charge in [-0.25, -0.2) is 9.37 Å². The van der Waals surface area contributed by atoms with Crippen molar-refractivity contribution < 1.29 is 14.1 Å². The van der Waals surface area contributed by atoms with Crippen LogP contribution >= 0.6 is 31.9 Å². The quantitative estimate of drug-likeness (QED) is 0.613. The number of hydrogen-bond acceptors (Lipinski definition) is 5. The summed E-state index contributed by atoms with van der Waals surface area (Å²) in [6.07, 6.45) is 1.41. The van der Waals surface area contributed by atoms with Crippen LogP contribution in [-0.4, -0.2) is 9.91 Å². The molecule has 0 spiro atoms. The Morgan fingerprint density at radius 1 is 1.35 bits per heavy atom. The number of halogens is 3. The smallest absolute Gasteiger partial charge is 0.312 e. The van der Waals surface area contributed by atoms with E-state index in [1.165, 1.54) is 12.3 Å². The molecule has 0 unspecified atom stereocenters. The molecular weight excluding hydrogens is 401 g/mol. The molecule has 0 aliphatic heterocycles. The molecule has 104 valence electrons. The predicted molar refractivity (Wildman–Crippen MR) is 77.2 cm³/mol. The normalized spacial score (nSPS) is 10.3. The molecule has 2 rings (SSSR count). The number of pyridine rings is 1. The third kappa shape index (κ3) is 3.05. The average Bonchev–Trinajstić information content (AvgIpc) is 2.36. The van der Waals surface area contributed by atoms with Gasteiger partial charge in [-0.2, -0.15) is 0 Å². The van der Waals surface area contributed by atoms with Crippen LogP contribution in [0.15, 0.2) is 33.3 Å². The number of nitrogen functional groups attached to an aromatic ring is 1. The third-order valence-corrected chi connectivity index (χ3v) is 3.29. The topological polar surface area (TPSA) is 91.3 Å². The number of aromatic nitrogens is 1. The zero-order chi connectivity index (χ0) is 14.9. The Bertz CT molecular complexity index is 697. The Morgan fingerprint density at radius 3 is 2.65 bits per heavy atom. The fourth-order valence-corrected chi connectivity index (χ4v) is 2.05. The molecule has 0 atom stereocenters. The summed E-state index contributed by atoms with van der Waals surface area (Å²) in [6, 6.07) is 3.43. The van der Waals surface area contributed by atoms with Gasteiger partial charge in [0.2, 0.25) is 11.6 Å². The lowest BCUT2D eigenvalue weighted by Crippen LogP contribution is -1.99. The van der Waals surface area contributed by atoms with Crippen LogP contribution in [0.4, 0.5) is 15.8 Å². The number of benzene rings is 1. The Balaban J connectivity index is 2.47. The molecule has 1 aromatic carbocycles. The van der Waals surface area contributed by atoms with E-state index < -0.39 is 16.4 Å². The first-order chi connectivity index (χ1) is 9.38. The lowest BCUT2D eigenvalue weighted by molar-refractivity contribution is -0.385. The minimum Gasteiger partial charge on any atom is -0.430 e. The molecule has 1 heterocycles. The summed E-state index contributed by atoms with van der Waals surface area (Å²) in [5.74, 6) is -1.02. The van der Waals surface area contributed by atoms with E-state index >= 15 is 0 Å². The van der Waals surface area contributed by atoms with E-state index in [2.05, 4.69) is 36.8 Å². The van der Waals surface area contributed by atoms with Crippen LogP contribution in [0, 0.1) is 15.9 Å². The minimum atomic E-state index is -0.693. The number of anilines is 1. The second-order valence-electron chi connectivity index (χ2n) is 3.64. The Hall–Kier alpha value is -1.74. The van der Waals surface area contributed by atoms with Gasteiger partial charge in [-0.15, -0.1) is 0 Å². The van der Waals surface area contributed by atoms with E-state index in [4.69, 9.17) is 10.5 Å². The van der Waals surface area contributed by atoms with Crippen molar-refractivity contribution in [2.24, 2.45) is 0 Å². The molecule has 0 aliphatic rings. The van der Waals surface area contributed by atoms with Crippen LogP contribution in [0.3, 0.4) is 0 Å². The van der Waals surface area contributed by atoms with Gasteiger partial charge in [0.05, 0.1) is 15.1 Å². The second-order valence-corrected chi connectivity index (χ2v) is 5.41. The molecule has 0 saturated carbocycles. The van der Waals surface area contributed by atoms with Crippen molar-refractivity contribution in [3.63, 3.8) is 0 Å². The van der Waals surface area contributed by atoms with Crippen LogP contribution in [0.1, 0.15) is 0 Å². The highest BCUT2D eigenvalue weighted by Gasteiger charge is 2.20. The maximum absolute atomic E-state index is 13.5. The fraction of sp³-hybridized carbons (Fsp3) is 0. The second kappa shape index (κ2) is 5.71. The summed E-state index contributed by atoms with van der Waals surface area (Å²) in [4.78, 5) is 14.1. The number of nitrogens with zero attached hydrogens (tertiary/aromatic N) is 2. The molecule has 0 radical (unpaired) electrons. The SMILES string of the molecule is Nc1cc(Br)cnc1Oc1cc(F)c(Br)cc1[N+](=O)[O-]. The van der Waals surface area contributed by atoms with Gasteiger partial charge >= 0.3 is 5.69 Å². The first-order valence-corrected chi connectivity index (χ1v) is 6.69. The van der Waals surface area contributed by atoms with Gasteiger partial charge in [0.25, 0.3) is 0 Å². The summed E-state index contributed by atoms with van der Waals surface area (Å²) in [6.45, 7) is 0.